The van der Waals surface area contributed by atoms with Crippen LogP contribution in [0.2, 0.25) is 0 Å². The van der Waals surface area contributed by atoms with Gasteiger partial charge in [0.05, 0.1) is 11.7 Å². The maximum Gasteiger partial charge on any atom is 0.115 e. The number of imidazole rings is 1. The minimum absolute atomic E-state index is 0.481. The molecule has 0 bridgehead atoms. The molecule has 0 aliphatic carbocycles. The number of hydrogen-bond donors (Lipinski definition) is 0. The minimum atomic E-state index is 0.481. The summed E-state index contributed by atoms with van der Waals surface area (Å²) in [5.41, 5.74) is 1.17. The van der Waals surface area contributed by atoms with E-state index in [2.05, 4.69) is 35.5 Å². The van der Waals surface area contributed by atoms with E-state index >= 15 is 0 Å². The van der Waals surface area contributed by atoms with Gasteiger partial charge in [0.1, 0.15) is 5.82 Å². The van der Waals surface area contributed by atoms with E-state index in [0.29, 0.717) is 5.92 Å². The standard InChI is InChI=1S/C10H12N2.C2H6/c1-8(2)10-11-7-9-5-3-4-6-12(9)10;1-2/h3-8H,1-2H3;1-2H3. The van der Waals surface area contributed by atoms with Gasteiger partial charge in [0.2, 0.25) is 0 Å². The Bertz CT molecular complexity index is 388. The van der Waals surface area contributed by atoms with Gasteiger partial charge in [-0.2, -0.15) is 0 Å². The van der Waals surface area contributed by atoms with Crippen molar-refractivity contribution in [1.82, 2.24) is 9.38 Å². The lowest BCUT2D eigenvalue weighted by Crippen LogP contribution is -1.95. The fraction of sp³-hybridized carbons (Fsp3) is 0.417. The van der Waals surface area contributed by atoms with Crippen molar-refractivity contribution in [3.05, 3.63) is 36.4 Å². The highest BCUT2D eigenvalue weighted by molar-refractivity contribution is 5.45. The highest BCUT2D eigenvalue weighted by Crippen LogP contribution is 2.14. The molecule has 0 unspecified atom stereocenters. The molecule has 2 rings (SSSR count). The summed E-state index contributed by atoms with van der Waals surface area (Å²) in [6.07, 6.45) is 3.97. The molecular weight excluding hydrogens is 172 g/mol. The first-order valence-electron chi connectivity index (χ1n) is 5.21. The van der Waals surface area contributed by atoms with Gasteiger partial charge in [0.15, 0.2) is 0 Å². The van der Waals surface area contributed by atoms with Crippen LogP contribution in [0.25, 0.3) is 5.52 Å². The Morgan fingerprint density at radius 1 is 1.21 bits per heavy atom. The fourth-order valence-electron chi connectivity index (χ4n) is 1.39. The van der Waals surface area contributed by atoms with Crippen LogP contribution in [0.3, 0.4) is 0 Å². The monoisotopic (exact) mass is 190 g/mol. The molecule has 0 fully saturated rings. The first kappa shape index (κ1) is 10.8. The summed E-state index contributed by atoms with van der Waals surface area (Å²) in [7, 11) is 0. The first-order valence-corrected chi connectivity index (χ1v) is 5.21. The third-order valence-corrected chi connectivity index (χ3v) is 1.98. The van der Waals surface area contributed by atoms with Gasteiger partial charge in [0, 0.05) is 12.1 Å². The molecule has 0 radical (unpaired) electrons. The summed E-state index contributed by atoms with van der Waals surface area (Å²) < 4.78 is 2.13. The van der Waals surface area contributed by atoms with Crippen LogP contribution < -0.4 is 0 Å². The number of nitrogens with zero attached hydrogens (tertiary/aromatic N) is 2. The van der Waals surface area contributed by atoms with Crippen molar-refractivity contribution in [2.75, 3.05) is 0 Å². The van der Waals surface area contributed by atoms with Crippen molar-refractivity contribution in [3.63, 3.8) is 0 Å². The zero-order valence-electron chi connectivity index (χ0n) is 9.36. The normalized spacial score (nSPS) is 10.1. The summed E-state index contributed by atoms with van der Waals surface area (Å²) in [6.45, 7) is 8.31. The predicted molar refractivity (Wildman–Crippen MR) is 60.6 cm³/mol. The summed E-state index contributed by atoms with van der Waals surface area (Å²) in [6, 6.07) is 6.13. The van der Waals surface area contributed by atoms with Gasteiger partial charge in [-0.25, -0.2) is 4.98 Å². The zero-order valence-corrected chi connectivity index (χ0v) is 9.36. The van der Waals surface area contributed by atoms with E-state index in [-0.39, 0.29) is 0 Å². The van der Waals surface area contributed by atoms with Crippen molar-refractivity contribution in [2.45, 2.75) is 33.6 Å². The highest BCUT2D eigenvalue weighted by Gasteiger charge is 2.05. The maximum atomic E-state index is 4.36. The molecular formula is C12H18N2. The van der Waals surface area contributed by atoms with Crippen molar-refractivity contribution in [3.8, 4) is 0 Å². The lowest BCUT2D eigenvalue weighted by molar-refractivity contribution is 0.770. The zero-order chi connectivity index (χ0) is 10.6. The van der Waals surface area contributed by atoms with Crippen LogP contribution in [0.1, 0.15) is 39.4 Å². The van der Waals surface area contributed by atoms with Gasteiger partial charge in [0.25, 0.3) is 0 Å². The average Bonchev–Trinajstić information content (AvgIpc) is 2.64. The Balaban J connectivity index is 0.000000461. The largest absolute Gasteiger partial charge is 0.304 e. The number of rotatable bonds is 1. The van der Waals surface area contributed by atoms with Gasteiger partial charge in [-0.3, -0.25) is 0 Å². The van der Waals surface area contributed by atoms with Crippen LogP contribution in [0.4, 0.5) is 0 Å². The topological polar surface area (TPSA) is 17.3 Å². The molecule has 2 heterocycles. The molecule has 2 aromatic rings. The average molecular weight is 190 g/mol. The van der Waals surface area contributed by atoms with Crippen LogP contribution in [0, 0.1) is 0 Å². The van der Waals surface area contributed by atoms with Crippen molar-refractivity contribution < 1.29 is 0 Å². The highest BCUT2D eigenvalue weighted by atomic mass is 15.0. The number of fused-ring (bicyclic) bond motifs is 1. The van der Waals surface area contributed by atoms with Crippen LogP contribution in [-0.4, -0.2) is 9.38 Å². The SMILES string of the molecule is CC.CC(C)c1ncc2ccccn12. The molecule has 0 atom stereocenters. The van der Waals surface area contributed by atoms with Gasteiger partial charge in [-0.05, 0) is 12.1 Å². The van der Waals surface area contributed by atoms with Crippen LogP contribution in [0.5, 0.6) is 0 Å². The third-order valence-electron chi connectivity index (χ3n) is 1.98. The van der Waals surface area contributed by atoms with Crippen molar-refractivity contribution in [1.29, 1.82) is 0 Å². The van der Waals surface area contributed by atoms with E-state index in [1.54, 1.807) is 0 Å². The fourth-order valence-corrected chi connectivity index (χ4v) is 1.39. The minimum Gasteiger partial charge on any atom is -0.304 e. The predicted octanol–water partition coefficient (Wildman–Crippen LogP) is 3.48. The second-order valence-electron chi connectivity index (χ2n) is 3.27. The lowest BCUT2D eigenvalue weighted by Gasteiger charge is -2.02. The molecule has 2 aromatic heterocycles. The Hall–Kier alpha value is -1.31. The number of hydrogen-bond acceptors (Lipinski definition) is 1. The Labute approximate surface area is 85.6 Å². The van der Waals surface area contributed by atoms with Gasteiger partial charge >= 0.3 is 0 Å². The van der Waals surface area contributed by atoms with E-state index < -0.39 is 0 Å². The summed E-state index contributed by atoms with van der Waals surface area (Å²) >= 11 is 0. The van der Waals surface area contributed by atoms with Crippen molar-refractivity contribution >= 4 is 5.52 Å². The van der Waals surface area contributed by atoms with Crippen LogP contribution in [-0.2, 0) is 0 Å². The molecule has 0 saturated carbocycles. The molecule has 0 saturated heterocycles. The molecule has 0 aliphatic heterocycles. The molecule has 0 spiro atoms. The smallest absolute Gasteiger partial charge is 0.115 e. The third kappa shape index (κ3) is 1.95. The second kappa shape index (κ2) is 4.80. The molecule has 0 aliphatic rings. The first-order chi connectivity index (χ1) is 6.79. The lowest BCUT2D eigenvalue weighted by atomic mass is 10.2. The number of aromatic nitrogens is 2. The molecule has 2 nitrogen and oxygen atoms in total. The van der Waals surface area contributed by atoms with E-state index in [0.717, 1.165) is 5.82 Å². The van der Waals surface area contributed by atoms with E-state index in [1.165, 1.54) is 5.52 Å². The van der Waals surface area contributed by atoms with E-state index in [4.69, 9.17) is 0 Å². The van der Waals surface area contributed by atoms with E-state index in [9.17, 15) is 0 Å². The van der Waals surface area contributed by atoms with E-state index in [1.807, 2.05) is 32.2 Å². The Morgan fingerprint density at radius 3 is 2.57 bits per heavy atom. The maximum absolute atomic E-state index is 4.36. The molecule has 2 heteroatoms. The van der Waals surface area contributed by atoms with Crippen LogP contribution >= 0.6 is 0 Å². The summed E-state index contributed by atoms with van der Waals surface area (Å²) in [5.74, 6) is 1.61. The van der Waals surface area contributed by atoms with Crippen LogP contribution in [0.15, 0.2) is 30.6 Å². The summed E-state index contributed by atoms with van der Waals surface area (Å²) in [4.78, 5) is 4.36. The van der Waals surface area contributed by atoms with Crippen molar-refractivity contribution in [2.24, 2.45) is 0 Å². The second-order valence-corrected chi connectivity index (χ2v) is 3.27. The Kier molecular flexibility index (Phi) is 3.69. The Morgan fingerprint density at radius 2 is 1.93 bits per heavy atom. The summed E-state index contributed by atoms with van der Waals surface area (Å²) in [5, 5.41) is 0. The molecule has 76 valence electrons. The van der Waals surface area contributed by atoms with Gasteiger partial charge in [-0.15, -0.1) is 0 Å². The van der Waals surface area contributed by atoms with Gasteiger partial charge < -0.3 is 4.40 Å². The van der Waals surface area contributed by atoms with Gasteiger partial charge in [-0.1, -0.05) is 33.8 Å². The molecule has 0 aromatic carbocycles. The molecule has 0 amide bonds. The number of pyridine rings is 1. The quantitative estimate of drug-likeness (QED) is 0.673. The molecule has 14 heavy (non-hydrogen) atoms. The molecule has 0 N–H and O–H groups in total.